The highest BCUT2D eigenvalue weighted by atomic mass is 19.1. The van der Waals surface area contributed by atoms with Crippen molar-refractivity contribution in [2.75, 3.05) is 18.8 Å². The second kappa shape index (κ2) is 4.61. The predicted octanol–water partition coefficient (Wildman–Crippen LogP) is 2.16. The number of hydrogen-bond acceptors (Lipinski definition) is 3. The van der Waals surface area contributed by atoms with Crippen LogP contribution in [0, 0.1) is 12.8 Å². The van der Waals surface area contributed by atoms with Gasteiger partial charge in [0, 0.05) is 24.2 Å². The van der Waals surface area contributed by atoms with Gasteiger partial charge in [0.25, 0.3) is 0 Å². The SMILES string of the molecule is Cc1cnc(N)c(C(C)(F)C2CCCNC2)c1. The van der Waals surface area contributed by atoms with Gasteiger partial charge >= 0.3 is 0 Å². The van der Waals surface area contributed by atoms with Crippen LogP contribution in [0.25, 0.3) is 0 Å². The van der Waals surface area contributed by atoms with Gasteiger partial charge in [-0.25, -0.2) is 9.37 Å². The summed E-state index contributed by atoms with van der Waals surface area (Å²) in [5, 5.41) is 3.24. The topological polar surface area (TPSA) is 50.9 Å². The maximum atomic E-state index is 15.0. The maximum absolute atomic E-state index is 15.0. The Labute approximate surface area is 102 Å². The van der Waals surface area contributed by atoms with E-state index in [0.717, 1.165) is 24.9 Å². The first kappa shape index (κ1) is 12.3. The Morgan fingerprint density at radius 3 is 3.00 bits per heavy atom. The van der Waals surface area contributed by atoms with Crippen LogP contribution >= 0.6 is 0 Å². The van der Waals surface area contributed by atoms with Crippen LogP contribution in [0.15, 0.2) is 12.3 Å². The van der Waals surface area contributed by atoms with Gasteiger partial charge in [-0.05, 0) is 44.9 Å². The molecule has 1 saturated heterocycles. The van der Waals surface area contributed by atoms with Gasteiger partial charge in [0.2, 0.25) is 0 Å². The Kier molecular flexibility index (Phi) is 3.33. The van der Waals surface area contributed by atoms with Crippen molar-refractivity contribution in [2.24, 2.45) is 5.92 Å². The van der Waals surface area contributed by atoms with Gasteiger partial charge in [0.15, 0.2) is 0 Å². The Bertz CT molecular complexity index is 398. The molecule has 0 aromatic carbocycles. The minimum absolute atomic E-state index is 0.0258. The molecule has 0 saturated carbocycles. The van der Waals surface area contributed by atoms with Crippen molar-refractivity contribution < 1.29 is 4.39 Å². The van der Waals surface area contributed by atoms with E-state index in [4.69, 9.17) is 5.73 Å². The molecule has 2 heterocycles. The molecule has 1 aliphatic rings. The normalized spacial score (nSPS) is 24.3. The number of anilines is 1. The smallest absolute Gasteiger partial charge is 0.140 e. The lowest BCUT2D eigenvalue weighted by Crippen LogP contribution is -2.40. The van der Waals surface area contributed by atoms with Crippen molar-refractivity contribution in [1.82, 2.24) is 10.3 Å². The van der Waals surface area contributed by atoms with Crippen molar-refractivity contribution in [2.45, 2.75) is 32.4 Å². The van der Waals surface area contributed by atoms with Crippen LogP contribution in [-0.2, 0) is 5.67 Å². The number of alkyl halides is 1. The van der Waals surface area contributed by atoms with E-state index >= 15 is 0 Å². The van der Waals surface area contributed by atoms with Crippen LogP contribution in [0.3, 0.4) is 0 Å². The number of aryl methyl sites for hydroxylation is 1. The van der Waals surface area contributed by atoms with Crippen molar-refractivity contribution in [3.05, 3.63) is 23.4 Å². The number of rotatable bonds is 2. The molecule has 94 valence electrons. The lowest BCUT2D eigenvalue weighted by Gasteiger charge is -2.34. The summed E-state index contributed by atoms with van der Waals surface area (Å²) in [6.45, 7) is 5.22. The summed E-state index contributed by atoms with van der Waals surface area (Å²) in [5.74, 6) is 0.285. The molecule has 0 amide bonds. The molecule has 0 bridgehead atoms. The van der Waals surface area contributed by atoms with Crippen LogP contribution in [0.2, 0.25) is 0 Å². The molecule has 1 aromatic heterocycles. The van der Waals surface area contributed by atoms with E-state index in [-0.39, 0.29) is 5.92 Å². The molecule has 2 unspecified atom stereocenters. The van der Waals surface area contributed by atoms with Crippen molar-refractivity contribution in [3.63, 3.8) is 0 Å². The molecule has 0 aliphatic carbocycles. The van der Waals surface area contributed by atoms with Crippen LogP contribution in [0.5, 0.6) is 0 Å². The molecular weight excluding hydrogens is 217 g/mol. The van der Waals surface area contributed by atoms with Crippen LogP contribution in [0.1, 0.15) is 30.9 Å². The first-order valence-electron chi connectivity index (χ1n) is 6.14. The molecule has 1 fully saturated rings. The fourth-order valence-corrected chi connectivity index (χ4v) is 2.51. The number of aromatic nitrogens is 1. The third-order valence-electron chi connectivity index (χ3n) is 3.65. The number of hydrogen-bond donors (Lipinski definition) is 2. The average molecular weight is 237 g/mol. The third kappa shape index (κ3) is 2.41. The first-order chi connectivity index (χ1) is 8.01. The van der Waals surface area contributed by atoms with Crippen molar-refractivity contribution in [3.8, 4) is 0 Å². The Morgan fingerprint density at radius 1 is 1.59 bits per heavy atom. The van der Waals surface area contributed by atoms with Crippen LogP contribution < -0.4 is 11.1 Å². The predicted molar refractivity (Wildman–Crippen MR) is 67.4 cm³/mol. The molecule has 17 heavy (non-hydrogen) atoms. The number of nitrogen functional groups attached to an aromatic ring is 1. The summed E-state index contributed by atoms with van der Waals surface area (Å²) >= 11 is 0. The second-order valence-corrected chi connectivity index (χ2v) is 5.06. The third-order valence-corrected chi connectivity index (χ3v) is 3.65. The number of nitrogens with one attached hydrogen (secondary N) is 1. The van der Waals surface area contributed by atoms with Crippen LogP contribution in [0.4, 0.5) is 10.2 Å². The zero-order valence-electron chi connectivity index (χ0n) is 10.5. The standard InChI is InChI=1S/C13H20FN3/c1-9-6-11(12(15)17-7-9)13(2,14)10-4-3-5-16-8-10/h6-7,10,16H,3-5,8H2,1-2H3,(H2,15,17). The summed E-state index contributed by atoms with van der Waals surface area (Å²) in [6, 6.07) is 1.82. The van der Waals surface area contributed by atoms with Gasteiger partial charge in [-0.15, -0.1) is 0 Å². The molecule has 0 radical (unpaired) electrons. The molecule has 4 heteroatoms. The average Bonchev–Trinajstić information content (AvgIpc) is 2.33. The lowest BCUT2D eigenvalue weighted by molar-refractivity contribution is 0.0816. The van der Waals surface area contributed by atoms with E-state index in [1.165, 1.54) is 0 Å². The summed E-state index contributed by atoms with van der Waals surface area (Å²) in [5.41, 5.74) is 5.88. The lowest BCUT2D eigenvalue weighted by atomic mass is 9.80. The highest BCUT2D eigenvalue weighted by Gasteiger charge is 2.38. The molecule has 1 aromatic rings. The van der Waals surface area contributed by atoms with Gasteiger partial charge < -0.3 is 11.1 Å². The number of pyridine rings is 1. The molecule has 2 atom stereocenters. The van der Waals surface area contributed by atoms with E-state index < -0.39 is 5.67 Å². The van der Waals surface area contributed by atoms with E-state index in [9.17, 15) is 4.39 Å². The van der Waals surface area contributed by atoms with Gasteiger partial charge in [0.05, 0.1) is 0 Å². The zero-order chi connectivity index (χ0) is 12.5. The highest BCUT2D eigenvalue weighted by molar-refractivity contribution is 5.45. The van der Waals surface area contributed by atoms with E-state index in [0.29, 0.717) is 17.9 Å². The minimum atomic E-state index is -1.41. The van der Waals surface area contributed by atoms with Gasteiger partial charge in [-0.2, -0.15) is 0 Å². The number of nitrogens with zero attached hydrogens (tertiary/aromatic N) is 1. The van der Waals surface area contributed by atoms with E-state index in [2.05, 4.69) is 10.3 Å². The van der Waals surface area contributed by atoms with Crippen molar-refractivity contribution in [1.29, 1.82) is 0 Å². The molecule has 1 aliphatic heterocycles. The van der Waals surface area contributed by atoms with E-state index in [1.807, 2.05) is 13.0 Å². The van der Waals surface area contributed by atoms with Gasteiger partial charge in [0.1, 0.15) is 11.5 Å². The fourth-order valence-electron chi connectivity index (χ4n) is 2.51. The summed E-state index contributed by atoms with van der Waals surface area (Å²) in [7, 11) is 0. The summed E-state index contributed by atoms with van der Waals surface area (Å²) in [4.78, 5) is 4.06. The molecule has 2 rings (SSSR count). The number of nitrogens with two attached hydrogens (primary N) is 1. The van der Waals surface area contributed by atoms with E-state index in [1.54, 1.807) is 13.1 Å². The first-order valence-corrected chi connectivity index (χ1v) is 6.14. The molecular formula is C13H20FN3. The Morgan fingerprint density at radius 2 is 2.35 bits per heavy atom. The Balaban J connectivity index is 2.32. The quantitative estimate of drug-likeness (QED) is 0.828. The minimum Gasteiger partial charge on any atom is -0.383 e. The molecule has 3 N–H and O–H groups in total. The monoisotopic (exact) mass is 237 g/mol. The van der Waals surface area contributed by atoms with Crippen LogP contribution in [-0.4, -0.2) is 18.1 Å². The second-order valence-electron chi connectivity index (χ2n) is 5.06. The zero-order valence-corrected chi connectivity index (χ0v) is 10.5. The fraction of sp³-hybridized carbons (Fsp3) is 0.615. The van der Waals surface area contributed by atoms with Crippen molar-refractivity contribution >= 4 is 5.82 Å². The Hall–Kier alpha value is -1.16. The van der Waals surface area contributed by atoms with Gasteiger partial charge in [-0.1, -0.05) is 0 Å². The van der Waals surface area contributed by atoms with Gasteiger partial charge in [-0.3, -0.25) is 0 Å². The molecule has 3 nitrogen and oxygen atoms in total. The summed E-state index contributed by atoms with van der Waals surface area (Å²) in [6.07, 6.45) is 3.59. The number of halogens is 1. The highest BCUT2D eigenvalue weighted by Crippen LogP contribution is 2.39. The molecule has 0 spiro atoms. The maximum Gasteiger partial charge on any atom is 0.140 e. The number of piperidine rings is 1. The largest absolute Gasteiger partial charge is 0.383 e. The summed E-state index contributed by atoms with van der Waals surface area (Å²) < 4.78 is 15.0.